The summed E-state index contributed by atoms with van der Waals surface area (Å²) in [6.45, 7) is 4.75. The van der Waals surface area contributed by atoms with Crippen LogP contribution in [0.4, 0.5) is 0 Å². The fourth-order valence-corrected chi connectivity index (χ4v) is 3.14. The van der Waals surface area contributed by atoms with E-state index in [9.17, 15) is 9.59 Å². The molecule has 3 rings (SSSR count). The SMILES string of the molecule is Cc1cc(C(=O)N2CCC(CC(=O)O)CC2)c2c(C)noc2n1. The number of carbonyl (C=O) groups excluding carboxylic acids is 1. The second kappa shape index (κ2) is 5.98. The Morgan fingerprint density at radius 2 is 2.04 bits per heavy atom. The molecule has 7 heteroatoms. The van der Waals surface area contributed by atoms with Crippen molar-refractivity contribution >= 4 is 23.0 Å². The summed E-state index contributed by atoms with van der Waals surface area (Å²) in [7, 11) is 0. The predicted octanol–water partition coefficient (Wildman–Crippen LogP) is 2.17. The van der Waals surface area contributed by atoms with Crippen LogP contribution >= 0.6 is 0 Å². The molecule has 2 aromatic rings. The van der Waals surface area contributed by atoms with Crippen LogP contribution in [0.3, 0.4) is 0 Å². The largest absolute Gasteiger partial charge is 0.481 e. The van der Waals surface area contributed by atoms with E-state index in [2.05, 4.69) is 10.1 Å². The minimum absolute atomic E-state index is 0.0689. The number of aryl methyl sites for hydroxylation is 2. The lowest BCUT2D eigenvalue weighted by atomic mass is 9.93. The number of carbonyl (C=O) groups is 2. The van der Waals surface area contributed by atoms with Crippen LogP contribution in [0.25, 0.3) is 11.1 Å². The molecule has 122 valence electrons. The minimum Gasteiger partial charge on any atom is -0.481 e. The smallest absolute Gasteiger partial charge is 0.303 e. The number of hydrogen-bond acceptors (Lipinski definition) is 5. The molecule has 3 heterocycles. The number of piperidine rings is 1. The van der Waals surface area contributed by atoms with Crippen molar-refractivity contribution in [3.8, 4) is 0 Å². The van der Waals surface area contributed by atoms with Crippen molar-refractivity contribution in [2.24, 2.45) is 5.92 Å². The number of aromatic nitrogens is 2. The molecular formula is C16H19N3O4. The van der Waals surface area contributed by atoms with Crippen LogP contribution in [0.15, 0.2) is 10.6 Å². The number of rotatable bonds is 3. The van der Waals surface area contributed by atoms with E-state index in [1.54, 1.807) is 17.9 Å². The Hall–Kier alpha value is -2.44. The van der Waals surface area contributed by atoms with Crippen LogP contribution in [-0.2, 0) is 4.79 Å². The van der Waals surface area contributed by atoms with Gasteiger partial charge in [-0.05, 0) is 38.7 Å². The number of carboxylic acid groups (broad SMARTS) is 1. The number of hydrogen-bond donors (Lipinski definition) is 1. The highest BCUT2D eigenvalue weighted by Crippen LogP contribution is 2.26. The minimum atomic E-state index is -0.777. The van der Waals surface area contributed by atoms with Gasteiger partial charge in [0.25, 0.3) is 11.6 Å². The molecule has 0 saturated carbocycles. The molecule has 1 N–H and O–H groups in total. The molecular weight excluding hydrogens is 298 g/mol. The number of aliphatic carboxylic acids is 1. The monoisotopic (exact) mass is 317 g/mol. The molecule has 0 bridgehead atoms. The third kappa shape index (κ3) is 3.04. The van der Waals surface area contributed by atoms with Gasteiger partial charge in [-0.2, -0.15) is 0 Å². The maximum atomic E-state index is 12.9. The maximum Gasteiger partial charge on any atom is 0.303 e. The number of nitrogens with zero attached hydrogens (tertiary/aromatic N) is 3. The lowest BCUT2D eigenvalue weighted by molar-refractivity contribution is -0.138. The average Bonchev–Trinajstić information content (AvgIpc) is 2.87. The Morgan fingerprint density at radius 3 is 2.70 bits per heavy atom. The van der Waals surface area contributed by atoms with Crippen molar-refractivity contribution in [1.82, 2.24) is 15.0 Å². The molecule has 0 radical (unpaired) electrons. The molecule has 0 spiro atoms. The number of likely N-dealkylation sites (tertiary alicyclic amines) is 1. The van der Waals surface area contributed by atoms with Crippen LogP contribution in [-0.4, -0.2) is 45.1 Å². The number of fused-ring (bicyclic) bond motifs is 1. The quantitative estimate of drug-likeness (QED) is 0.932. The highest BCUT2D eigenvalue weighted by atomic mass is 16.5. The number of amides is 1. The lowest BCUT2D eigenvalue weighted by Gasteiger charge is -2.31. The van der Waals surface area contributed by atoms with Crippen molar-refractivity contribution in [2.75, 3.05) is 13.1 Å². The third-order valence-electron chi connectivity index (χ3n) is 4.34. The standard InChI is InChI=1S/C16H19N3O4/c1-9-7-12(14-10(2)18-23-15(14)17-9)16(22)19-5-3-11(4-6-19)8-13(20)21/h7,11H,3-6,8H2,1-2H3,(H,20,21). The molecule has 2 aromatic heterocycles. The molecule has 0 atom stereocenters. The van der Waals surface area contributed by atoms with Gasteiger partial charge in [-0.1, -0.05) is 5.16 Å². The molecule has 23 heavy (non-hydrogen) atoms. The number of carboxylic acids is 1. The normalized spacial score (nSPS) is 16.0. The molecule has 0 unspecified atom stereocenters. The summed E-state index contributed by atoms with van der Waals surface area (Å²) in [5.41, 5.74) is 2.30. The fourth-order valence-electron chi connectivity index (χ4n) is 3.14. The van der Waals surface area contributed by atoms with Gasteiger partial charge in [0.1, 0.15) is 0 Å². The van der Waals surface area contributed by atoms with Crippen molar-refractivity contribution in [2.45, 2.75) is 33.1 Å². The van der Waals surface area contributed by atoms with E-state index in [0.717, 1.165) is 0 Å². The van der Waals surface area contributed by atoms with Gasteiger partial charge in [0.05, 0.1) is 16.6 Å². The summed E-state index contributed by atoms with van der Waals surface area (Å²) in [5.74, 6) is -0.699. The third-order valence-corrected chi connectivity index (χ3v) is 4.34. The van der Waals surface area contributed by atoms with E-state index in [0.29, 0.717) is 54.0 Å². The van der Waals surface area contributed by atoms with Gasteiger partial charge in [0.2, 0.25) is 0 Å². The Labute approximate surface area is 133 Å². The second-order valence-corrected chi connectivity index (χ2v) is 6.09. The van der Waals surface area contributed by atoms with Crippen molar-refractivity contribution in [1.29, 1.82) is 0 Å². The van der Waals surface area contributed by atoms with Gasteiger partial charge in [0, 0.05) is 25.2 Å². The average molecular weight is 317 g/mol. The Balaban J connectivity index is 1.82. The zero-order valence-corrected chi connectivity index (χ0v) is 13.2. The summed E-state index contributed by atoms with van der Waals surface area (Å²) < 4.78 is 5.17. The van der Waals surface area contributed by atoms with Gasteiger partial charge in [-0.25, -0.2) is 4.98 Å². The van der Waals surface area contributed by atoms with Crippen molar-refractivity contribution < 1.29 is 19.2 Å². The first-order chi connectivity index (χ1) is 11.0. The molecule has 0 aliphatic carbocycles. The van der Waals surface area contributed by atoms with Crippen LogP contribution in [0.1, 0.15) is 41.0 Å². The number of pyridine rings is 1. The summed E-state index contributed by atoms with van der Waals surface area (Å²) in [5, 5.41) is 13.4. The van der Waals surface area contributed by atoms with E-state index in [1.807, 2.05) is 6.92 Å². The zero-order chi connectivity index (χ0) is 16.6. The summed E-state index contributed by atoms with van der Waals surface area (Å²) in [6.07, 6.45) is 1.60. The molecule has 1 fully saturated rings. The van der Waals surface area contributed by atoms with E-state index >= 15 is 0 Å². The summed E-state index contributed by atoms with van der Waals surface area (Å²) in [4.78, 5) is 29.7. The Kier molecular flexibility index (Phi) is 4.02. The Morgan fingerprint density at radius 1 is 1.35 bits per heavy atom. The van der Waals surface area contributed by atoms with Crippen molar-refractivity contribution in [3.05, 3.63) is 23.0 Å². The summed E-state index contributed by atoms with van der Waals surface area (Å²) >= 11 is 0. The first-order valence-electron chi connectivity index (χ1n) is 7.70. The van der Waals surface area contributed by atoms with Crippen LogP contribution < -0.4 is 0 Å². The summed E-state index contributed by atoms with van der Waals surface area (Å²) in [6, 6.07) is 1.76. The molecule has 0 aromatic carbocycles. The Bertz CT molecular complexity index is 760. The lowest BCUT2D eigenvalue weighted by Crippen LogP contribution is -2.39. The molecule has 1 saturated heterocycles. The van der Waals surface area contributed by atoms with Crippen LogP contribution in [0.2, 0.25) is 0 Å². The van der Waals surface area contributed by atoms with Gasteiger partial charge < -0.3 is 14.5 Å². The molecule has 1 aliphatic heterocycles. The van der Waals surface area contributed by atoms with Crippen LogP contribution in [0, 0.1) is 19.8 Å². The fraction of sp³-hybridized carbons (Fsp3) is 0.500. The topological polar surface area (TPSA) is 96.5 Å². The van der Waals surface area contributed by atoms with E-state index < -0.39 is 5.97 Å². The van der Waals surface area contributed by atoms with Gasteiger partial charge in [0.15, 0.2) is 0 Å². The van der Waals surface area contributed by atoms with Gasteiger partial charge in [-0.3, -0.25) is 9.59 Å². The molecule has 7 nitrogen and oxygen atoms in total. The van der Waals surface area contributed by atoms with Crippen molar-refractivity contribution in [3.63, 3.8) is 0 Å². The zero-order valence-electron chi connectivity index (χ0n) is 13.2. The van der Waals surface area contributed by atoms with E-state index in [-0.39, 0.29) is 18.2 Å². The molecule has 1 amide bonds. The maximum absolute atomic E-state index is 12.9. The first-order valence-corrected chi connectivity index (χ1v) is 7.70. The van der Waals surface area contributed by atoms with Crippen LogP contribution in [0.5, 0.6) is 0 Å². The second-order valence-electron chi connectivity index (χ2n) is 6.09. The highest BCUT2D eigenvalue weighted by molar-refractivity contribution is 6.06. The van der Waals surface area contributed by atoms with Gasteiger partial charge >= 0.3 is 5.97 Å². The molecule has 1 aliphatic rings. The highest BCUT2D eigenvalue weighted by Gasteiger charge is 2.27. The van der Waals surface area contributed by atoms with E-state index in [4.69, 9.17) is 9.63 Å². The first kappa shape index (κ1) is 15.5. The van der Waals surface area contributed by atoms with Gasteiger partial charge in [-0.15, -0.1) is 0 Å². The predicted molar refractivity (Wildman–Crippen MR) is 82.2 cm³/mol. The van der Waals surface area contributed by atoms with E-state index in [1.165, 1.54) is 0 Å².